The zero-order valence-corrected chi connectivity index (χ0v) is 11.6. The first-order chi connectivity index (χ1) is 8.30. The molecule has 98 valence electrons. The van der Waals surface area contributed by atoms with E-state index >= 15 is 0 Å². The zero-order valence-electron chi connectivity index (χ0n) is 11.6. The summed E-state index contributed by atoms with van der Waals surface area (Å²) in [6.45, 7) is 13.3. The molecule has 0 spiro atoms. The number of nitrogens with zero attached hydrogens (tertiary/aromatic N) is 2. The number of hydrogen-bond donors (Lipinski definition) is 1. The van der Waals surface area contributed by atoms with Crippen LogP contribution < -0.4 is 5.32 Å². The van der Waals surface area contributed by atoms with Gasteiger partial charge in [-0.3, -0.25) is 0 Å². The fourth-order valence-electron chi connectivity index (χ4n) is 1.94. The zero-order chi connectivity index (χ0) is 12.5. The second-order valence-corrected chi connectivity index (χ2v) is 4.46. The van der Waals surface area contributed by atoms with Crippen LogP contribution in [-0.4, -0.2) is 35.6 Å². The maximum atomic E-state index is 3.43. The van der Waals surface area contributed by atoms with Crippen LogP contribution in [0.15, 0.2) is 18.5 Å². The van der Waals surface area contributed by atoms with Crippen LogP contribution in [0.4, 0.5) is 0 Å². The lowest BCUT2D eigenvalue weighted by Gasteiger charge is -2.17. The van der Waals surface area contributed by atoms with E-state index in [0.717, 1.165) is 39.3 Å². The third kappa shape index (κ3) is 5.37. The second kappa shape index (κ2) is 8.31. The molecular weight excluding hydrogens is 210 g/mol. The Morgan fingerprint density at radius 2 is 2.00 bits per heavy atom. The predicted molar refractivity (Wildman–Crippen MR) is 74.2 cm³/mol. The van der Waals surface area contributed by atoms with E-state index in [2.05, 4.69) is 54.0 Å². The molecule has 1 rings (SSSR count). The first-order valence-electron chi connectivity index (χ1n) is 6.87. The van der Waals surface area contributed by atoms with Gasteiger partial charge in [0.25, 0.3) is 0 Å². The van der Waals surface area contributed by atoms with E-state index in [1.165, 1.54) is 12.0 Å². The molecule has 0 saturated carbocycles. The van der Waals surface area contributed by atoms with Crippen molar-refractivity contribution in [2.45, 2.75) is 40.3 Å². The molecule has 0 aliphatic carbocycles. The Morgan fingerprint density at radius 3 is 2.65 bits per heavy atom. The number of aromatic nitrogens is 1. The molecule has 0 radical (unpaired) electrons. The van der Waals surface area contributed by atoms with Gasteiger partial charge in [-0.1, -0.05) is 20.8 Å². The van der Waals surface area contributed by atoms with Gasteiger partial charge in [-0.05, 0) is 37.7 Å². The Labute approximate surface area is 106 Å². The summed E-state index contributed by atoms with van der Waals surface area (Å²) in [5.74, 6) is 0. The van der Waals surface area contributed by atoms with Gasteiger partial charge in [-0.15, -0.1) is 0 Å². The van der Waals surface area contributed by atoms with Crippen molar-refractivity contribution >= 4 is 0 Å². The van der Waals surface area contributed by atoms with E-state index in [-0.39, 0.29) is 0 Å². The Bertz CT molecular complexity index is 289. The van der Waals surface area contributed by atoms with Gasteiger partial charge < -0.3 is 14.8 Å². The molecule has 1 aromatic rings. The van der Waals surface area contributed by atoms with E-state index in [0.29, 0.717) is 0 Å². The molecule has 17 heavy (non-hydrogen) atoms. The Kier molecular flexibility index (Phi) is 6.97. The molecule has 0 amide bonds. The molecule has 0 bridgehead atoms. The molecule has 0 saturated heterocycles. The van der Waals surface area contributed by atoms with Crippen LogP contribution >= 0.6 is 0 Å². The molecule has 0 aliphatic rings. The van der Waals surface area contributed by atoms with E-state index in [1.807, 2.05) is 0 Å². The van der Waals surface area contributed by atoms with Crippen LogP contribution in [0.2, 0.25) is 0 Å². The fourth-order valence-corrected chi connectivity index (χ4v) is 1.94. The first kappa shape index (κ1) is 14.3. The average Bonchev–Trinajstić information content (AvgIpc) is 2.79. The third-order valence-electron chi connectivity index (χ3n) is 3.14. The summed E-state index contributed by atoms with van der Waals surface area (Å²) in [6.07, 6.45) is 5.64. The van der Waals surface area contributed by atoms with Crippen LogP contribution in [0.25, 0.3) is 0 Å². The summed E-state index contributed by atoms with van der Waals surface area (Å²) >= 11 is 0. The fraction of sp³-hybridized carbons (Fsp3) is 0.714. The minimum absolute atomic E-state index is 0.992. The van der Waals surface area contributed by atoms with Crippen LogP contribution in [-0.2, 0) is 13.1 Å². The van der Waals surface area contributed by atoms with E-state index in [1.54, 1.807) is 0 Å². The highest BCUT2D eigenvalue weighted by atomic mass is 15.1. The van der Waals surface area contributed by atoms with Crippen LogP contribution in [0.3, 0.4) is 0 Å². The van der Waals surface area contributed by atoms with Crippen molar-refractivity contribution in [1.82, 2.24) is 14.8 Å². The van der Waals surface area contributed by atoms with Gasteiger partial charge >= 0.3 is 0 Å². The molecule has 0 aromatic carbocycles. The highest BCUT2D eigenvalue weighted by Gasteiger charge is 2.00. The SMILES string of the molecule is CCCNCc1ccn(CCN(CC)CC)c1. The second-order valence-electron chi connectivity index (χ2n) is 4.46. The van der Waals surface area contributed by atoms with Gasteiger partial charge in [0.1, 0.15) is 0 Å². The smallest absolute Gasteiger partial charge is 0.0347 e. The number of nitrogens with one attached hydrogen (secondary N) is 1. The van der Waals surface area contributed by atoms with Crippen molar-refractivity contribution in [3.63, 3.8) is 0 Å². The van der Waals surface area contributed by atoms with Gasteiger partial charge in [-0.2, -0.15) is 0 Å². The molecule has 0 aliphatic heterocycles. The largest absolute Gasteiger partial charge is 0.353 e. The van der Waals surface area contributed by atoms with Gasteiger partial charge in [0.05, 0.1) is 0 Å². The molecular formula is C14H27N3. The van der Waals surface area contributed by atoms with Gasteiger partial charge in [0.15, 0.2) is 0 Å². The van der Waals surface area contributed by atoms with Crippen molar-refractivity contribution in [3.8, 4) is 0 Å². The molecule has 1 heterocycles. The molecule has 3 nitrogen and oxygen atoms in total. The molecule has 0 unspecified atom stereocenters. The van der Waals surface area contributed by atoms with Crippen molar-refractivity contribution < 1.29 is 0 Å². The van der Waals surface area contributed by atoms with Crippen LogP contribution in [0.5, 0.6) is 0 Å². The maximum Gasteiger partial charge on any atom is 0.0347 e. The minimum atomic E-state index is 0.992. The third-order valence-corrected chi connectivity index (χ3v) is 3.14. The lowest BCUT2D eigenvalue weighted by atomic mass is 10.3. The lowest BCUT2D eigenvalue weighted by Crippen LogP contribution is -2.26. The van der Waals surface area contributed by atoms with Crippen molar-refractivity contribution in [1.29, 1.82) is 0 Å². The average molecular weight is 237 g/mol. The van der Waals surface area contributed by atoms with Crippen molar-refractivity contribution in [2.75, 3.05) is 26.2 Å². The van der Waals surface area contributed by atoms with Crippen molar-refractivity contribution in [2.24, 2.45) is 0 Å². The number of hydrogen-bond acceptors (Lipinski definition) is 2. The summed E-state index contributed by atoms with van der Waals surface area (Å²) in [4.78, 5) is 2.45. The van der Waals surface area contributed by atoms with Crippen molar-refractivity contribution in [3.05, 3.63) is 24.0 Å². The molecule has 0 atom stereocenters. The van der Waals surface area contributed by atoms with Gasteiger partial charge in [-0.25, -0.2) is 0 Å². The summed E-state index contributed by atoms with van der Waals surface area (Å²) in [6, 6.07) is 2.21. The topological polar surface area (TPSA) is 20.2 Å². The summed E-state index contributed by atoms with van der Waals surface area (Å²) in [7, 11) is 0. The van der Waals surface area contributed by atoms with Gasteiger partial charge in [0, 0.05) is 32.0 Å². The van der Waals surface area contributed by atoms with E-state index < -0.39 is 0 Å². The maximum absolute atomic E-state index is 3.43. The van der Waals surface area contributed by atoms with E-state index in [9.17, 15) is 0 Å². The monoisotopic (exact) mass is 237 g/mol. The molecule has 0 fully saturated rings. The Hall–Kier alpha value is -0.800. The predicted octanol–water partition coefficient (Wildman–Crippen LogP) is 2.33. The minimum Gasteiger partial charge on any atom is -0.353 e. The quantitative estimate of drug-likeness (QED) is 0.665. The van der Waals surface area contributed by atoms with E-state index in [4.69, 9.17) is 0 Å². The number of likely N-dealkylation sites (N-methyl/N-ethyl adjacent to an activating group) is 1. The van der Waals surface area contributed by atoms with Gasteiger partial charge in [0.2, 0.25) is 0 Å². The Morgan fingerprint density at radius 1 is 1.24 bits per heavy atom. The highest BCUT2D eigenvalue weighted by molar-refractivity contribution is 5.09. The molecule has 3 heteroatoms. The number of rotatable bonds is 9. The lowest BCUT2D eigenvalue weighted by molar-refractivity contribution is 0.290. The summed E-state index contributed by atoms with van der Waals surface area (Å²) < 4.78 is 2.29. The molecule has 1 N–H and O–H groups in total. The molecule has 1 aromatic heterocycles. The Balaban J connectivity index is 2.30. The summed E-state index contributed by atoms with van der Waals surface area (Å²) in [5.41, 5.74) is 1.39. The summed E-state index contributed by atoms with van der Waals surface area (Å²) in [5, 5.41) is 3.43. The van der Waals surface area contributed by atoms with Crippen LogP contribution in [0.1, 0.15) is 32.8 Å². The first-order valence-corrected chi connectivity index (χ1v) is 6.87. The standard InChI is InChI=1S/C14H27N3/c1-4-8-15-12-14-7-9-17(13-14)11-10-16(5-2)6-3/h7,9,13,15H,4-6,8,10-12H2,1-3H3. The highest BCUT2D eigenvalue weighted by Crippen LogP contribution is 2.01. The van der Waals surface area contributed by atoms with Crippen LogP contribution in [0, 0.1) is 0 Å². The normalized spacial score (nSPS) is 11.3.